The van der Waals surface area contributed by atoms with Crippen LogP contribution in [0.25, 0.3) is 6.08 Å². The van der Waals surface area contributed by atoms with E-state index in [1.54, 1.807) is 31.3 Å². The molecule has 0 aliphatic carbocycles. The summed E-state index contributed by atoms with van der Waals surface area (Å²) in [6, 6.07) is 2.00. The molecule has 0 fully saturated rings. The van der Waals surface area contributed by atoms with Crippen LogP contribution in [0.5, 0.6) is 0 Å². The molecule has 0 aromatic carbocycles. The molecule has 1 aliphatic rings. The van der Waals surface area contributed by atoms with Gasteiger partial charge in [-0.05, 0) is 43.9 Å². The normalized spacial score (nSPS) is 17.0. The predicted molar refractivity (Wildman–Crippen MR) is 76.4 cm³/mol. The first-order valence-corrected chi connectivity index (χ1v) is 6.84. The van der Waals surface area contributed by atoms with Crippen LogP contribution in [-0.2, 0) is 9.53 Å². The monoisotopic (exact) mass is 277 g/mol. The maximum absolute atomic E-state index is 11.7. The number of hydrogen-bond acceptors (Lipinski definition) is 5. The molecule has 1 aromatic rings. The molecule has 0 saturated carbocycles. The van der Waals surface area contributed by atoms with Crippen molar-refractivity contribution in [3.05, 3.63) is 38.9 Å². The van der Waals surface area contributed by atoms with E-state index in [0.717, 1.165) is 10.4 Å². The highest BCUT2D eigenvalue weighted by Gasteiger charge is 2.27. The molecule has 0 atom stereocenters. The van der Waals surface area contributed by atoms with Crippen LogP contribution in [0.2, 0.25) is 0 Å². The lowest BCUT2D eigenvalue weighted by Crippen LogP contribution is -2.13. The first-order valence-electron chi connectivity index (χ1n) is 5.96. The quantitative estimate of drug-likeness (QED) is 0.863. The zero-order chi connectivity index (χ0) is 14.0. The second kappa shape index (κ2) is 5.40. The number of aliphatic imine (C=N–C) groups is 1. The van der Waals surface area contributed by atoms with E-state index in [-0.39, 0.29) is 17.9 Å². The third-order valence-electron chi connectivity index (χ3n) is 2.78. The Kier molecular flexibility index (Phi) is 3.85. The summed E-state index contributed by atoms with van der Waals surface area (Å²) in [6.07, 6.45) is 1.78. The number of esters is 1. The molecular formula is C14H15NO3S. The number of rotatable bonds is 3. The van der Waals surface area contributed by atoms with Crippen LogP contribution >= 0.6 is 11.3 Å². The minimum absolute atomic E-state index is 0.108. The fourth-order valence-corrected chi connectivity index (χ4v) is 2.65. The summed E-state index contributed by atoms with van der Waals surface area (Å²) < 4.78 is 4.91. The molecule has 0 saturated heterocycles. The standard InChI is InChI=1S/C14H15NO3S/c1-4-18-14(17)12-9(3)15-10(13(12)16)7-11-8(2)5-6-19-11/h5-7,16H,4H2,1-3H3/b10-7-. The molecule has 19 heavy (non-hydrogen) atoms. The van der Waals surface area contributed by atoms with Crippen molar-refractivity contribution in [3.8, 4) is 0 Å². The van der Waals surface area contributed by atoms with Gasteiger partial charge >= 0.3 is 5.97 Å². The van der Waals surface area contributed by atoms with Crippen LogP contribution in [0.1, 0.15) is 24.3 Å². The highest BCUT2D eigenvalue weighted by atomic mass is 32.1. The lowest BCUT2D eigenvalue weighted by molar-refractivity contribution is -0.138. The average molecular weight is 277 g/mol. The third-order valence-corrected chi connectivity index (χ3v) is 3.74. The number of ether oxygens (including phenoxy) is 1. The Hall–Kier alpha value is -1.88. The van der Waals surface area contributed by atoms with Crippen LogP contribution < -0.4 is 0 Å². The molecule has 1 aliphatic heterocycles. The van der Waals surface area contributed by atoms with E-state index < -0.39 is 5.97 Å². The zero-order valence-corrected chi connectivity index (χ0v) is 11.9. The first-order chi connectivity index (χ1) is 9.04. The summed E-state index contributed by atoms with van der Waals surface area (Å²) in [5.41, 5.74) is 2.16. The van der Waals surface area contributed by atoms with Gasteiger partial charge in [-0.2, -0.15) is 0 Å². The fraction of sp³-hybridized carbons (Fsp3) is 0.286. The van der Waals surface area contributed by atoms with Crippen molar-refractivity contribution in [2.24, 2.45) is 4.99 Å². The van der Waals surface area contributed by atoms with Crippen molar-refractivity contribution in [2.45, 2.75) is 20.8 Å². The molecule has 5 heteroatoms. The van der Waals surface area contributed by atoms with E-state index >= 15 is 0 Å². The van der Waals surface area contributed by atoms with Gasteiger partial charge in [-0.3, -0.25) is 0 Å². The maximum atomic E-state index is 11.7. The number of aryl methyl sites for hydroxylation is 1. The number of carbonyl (C=O) groups excluding carboxylic acids is 1. The minimum Gasteiger partial charge on any atom is -0.505 e. The lowest BCUT2D eigenvalue weighted by atomic mass is 10.1. The average Bonchev–Trinajstić information content (AvgIpc) is 2.86. The van der Waals surface area contributed by atoms with Crippen LogP contribution in [0, 0.1) is 6.92 Å². The first kappa shape index (κ1) is 13.5. The van der Waals surface area contributed by atoms with Crippen molar-refractivity contribution in [1.29, 1.82) is 0 Å². The van der Waals surface area contributed by atoms with Gasteiger partial charge in [0.2, 0.25) is 0 Å². The van der Waals surface area contributed by atoms with Gasteiger partial charge in [0.15, 0.2) is 5.76 Å². The Morgan fingerprint density at radius 3 is 2.84 bits per heavy atom. The maximum Gasteiger partial charge on any atom is 0.343 e. The Bertz CT molecular complexity index is 608. The Morgan fingerprint density at radius 1 is 1.53 bits per heavy atom. The Labute approximate surface area is 115 Å². The van der Waals surface area contributed by atoms with Crippen LogP contribution in [0.15, 0.2) is 33.5 Å². The van der Waals surface area contributed by atoms with Gasteiger partial charge < -0.3 is 9.84 Å². The second-order valence-corrected chi connectivity index (χ2v) is 5.09. The smallest absolute Gasteiger partial charge is 0.343 e. The van der Waals surface area contributed by atoms with E-state index in [2.05, 4.69) is 4.99 Å². The van der Waals surface area contributed by atoms with E-state index in [4.69, 9.17) is 4.74 Å². The minimum atomic E-state index is -0.535. The van der Waals surface area contributed by atoms with Gasteiger partial charge in [0.25, 0.3) is 0 Å². The number of aliphatic hydroxyl groups excluding tert-OH is 1. The molecule has 1 aromatic heterocycles. The molecule has 0 unspecified atom stereocenters. The molecule has 0 bridgehead atoms. The molecule has 0 amide bonds. The van der Waals surface area contributed by atoms with Crippen LogP contribution in [0.4, 0.5) is 0 Å². The van der Waals surface area contributed by atoms with Crippen LogP contribution in [-0.4, -0.2) is 23.4 Å². The lowest BCUT2D eigenvalue weighted by Gasteiger charge is -2.02. The molecule has 2 heterocycles. The predicted octanol–water partition coefficient (Wildman–Crippen LogP) is 3.25. The molecule has 4 nitrogen and oxygen atoms in total. The topological polar surface area (TPSA) is 58.9 Å². The molecule has 1 N–H and O–H groups in total. The summed E-state index contributed by atoms with van der Waals surface area (Å²) >= 11 is 1.56. The van der Waals surface area contributed by atoms with E-state index in [0.29, 0.717) is 11.4 Å². The third kappa shape index (κ3) is 2.61. The number of nitrogens with zero attached hydrogens (tertiary/aromatic N) is 1. The largest absolute Gasteiger partial charge is 0.505 e. The summed E-state index contributed by atoms with van der Waals surface area (Å²) in [7, 11) is 0. The van der Waals surface area contributed by atoms with Crippen molar-refractivity contribution >= 4 is 29.1 Å². The van der Waals surface area contributed by atoms with E-state index in [1.807, 2.05) is 18.4 Å². The zero-order valence-electron chi connectivity index (χ0n) is 11.1. The molecule has 100 valence electrons. The fourth-order valence-electron chi connectivity index (χ4n) is 1.79. The number of thiophene rings is 1. The van der Waals surface area contributed by atoms with Gasteiger partial charge in [-0.1, -0.05) is 0 Å². The van der Waals surface area contributed by atoms with Crippen molar-refractivity contribution in [3.63, 3.8) is 0 Å². The molecule has 2 rings (SSSR count). The van der Waals surface area contributed by atoms with Gasteiger partial charge in [0, 0.05) is 4.88 Å². The van der Waals surface area contributed by atoms with Crippen molar-refractivity contribution in [2.75, 3.05) is 6.61 Å². The SMILES string of the molecule is CCOC(=O)C1=C(O)/C(=C/c2sccc2C)N=C1C. The Morgan fingerprint density at radius 2 is 2.26 bits per heavy atom. The van der Waals surface area contributed by atoms with Crippen LogP contribution in [0.3, 0.4) is 0 Å². The number of hydrogen-bond donors (Lipinski definition) is 1. The second-order valence-electron chi connectivity index (χ2n) is 4.14. The van der Waals surface area contributed by atoms with Gasteiger partial charge in [-0.25, -0.2) is 9.79 Å². The summed E-state index contributed by atoms with van der Waals surface area (Å²) in [4.78, 5) is 17.0. The highest BCUT2D eigenvalue weighted by molar-refractivity contribution is 7.11. The highest BCUT2D eigenvalue weighted by Crippen LogP contribution is 2.28. The summed E-state index contributed by atoms with van der Waals surface area (Å²) in [6.45, 7) is 5.67. The molecule has 0 radical (unpaired) electrons. The molecular weight excluding hydrogens is 262 g/mol. The van der Waals surface area contributed by atoms with E-state index in [9.17, 15) is 9.90 Å². The summed E-state index contributed by atoms with van der Waals surface area (Å²) in [5, 5.41) is 12.1. The van der Waals surface area contributed by atoms with Gasteiger partial charge in [0.1, 0.15) is 11.3 Å². The summed E-state index contributed by atoms with van der Waals surface area (Å²) in [5.74, 6) is -0.642. The molecule has 0 spiro atoms. The van der Waals surface area contributed by atoms with Gasteiger partial charge in [0.05, 0.1) is 12.3 Å². The van der Waals surface area contributed by atoms with Gasteiger partial charge in [-0.15, -0.1) is 11.3 Å². The van der Waals surface area contributed by atoms with E-state index in [1.165, 1.54) is 0 Å². The Balaban J connectivity index is 2.39. The van der Waals surface area contributed by atoms with Crippen molar-refractivity contribution < 1.29 is 14.6 Å². The van der Waals surface area contributed by atoms with Crippen molar-refractivity contribution in [1.82, 2.24) is 0 Å². The number of aliphatic hydroxyl groups is 1. The number of carbonyl (C=O) groups is 1.